The summed E-state index contributed by atoms with van der Waals surface area (Å²) < 4.78 is 10.1. The Morgan fingerprint density at radius 1 is 1.12 bits per heavy atom. The highest BCUT2D eigenvalue weighted by molar-refractivity contribution is 5.99. The minimum Gasteiger partial charge on any atom is -0.496 e. The van der Waals surface area contributed by atoms with Crippen molar-refractivity contribution in [2.45, 2.75) is 19.9 Å². The minimum atomic E-state index is -0.679. The van der Waals surface area contributed by atoms with Crippen molar-refractivity contribution < 1.29 is 23.9 Å². The van der Waals surface area contributed by atoms with Crippen LogP contribution in [0.2, 0.25) is 0 Å². The lowest BCUT2D eigenvalue weighted by Gasteiger charge is -2.35. The van der Waals surface area contributed by atoms with Crippen molar-refractivity contribution >= 4 is 17.9 Å². The Bertz CT molecular complexity index is 656. The third-order valence-electron chi connectivity index (χ3n) is 4.19. The Balaban J connectivity index is 1.90. The maximum absolute atomic E-state index is 12.6. The number of methoxy groups -OCH3 is 1. The highest BCUT2D eigenvalue weighted by atomic mass is 16.6. The zero-order valence-corrected chi connectivity index (χ0v) is 15.4. The van der Waals surface area contributed by atoms with Gasteiger partial charge in [-0.15, -0.1) is 0 Å². The molecule has 1 fully saturated rings. The smallest absolute Gasteiger partial charge is 0.409 e. The van der Waals surface area contributed by atoms with Crippen LogP contribution >= 0.6 is 0 Å². The highest BCUT2D eigenvalue weighted by Crippen LogP contribution is 2.17. The van der Waals surface area contributed by atoms with E-state index in [0.717, 1.165) is 0 Å². The van der Waals surface area contributed by atoms with E-state index < -0.39 is 6.04 Å². The molecule has 2 rings (SSSR count). The molecule has 0 bridgehead atoms. The van der Waals surface area contributed by atoms with E-state index in [1.165, 1.54) is 7.11 Å². The lowest BCUT2D eigenvalue weighted by molar-refractivity contribution is -0.134. The fraction of sp³-hybridized carbons (Fsp3) is 0.500. The molecule has 3 amide bonds. The van der Waals surface area contributed by atoms with Crippen LogP contribution in [0, 0.1) is 0 Å². The van der Waals surface area contributed by atoms with Gasteiger partial charge in [0.25, 0.3) is 5.91 Å². The topological polar surface area (TPSA) is 88.2 Å². The van der Waals surface area contributed by atoms with E-state index in [0.29, 0.717) is 44.1 Å². The summed E-state index contributed by atoms with van der Waals surface area (Å²) >= 11 is 0. The molecule has 1 heterocycles. The van der Waals surface area contributed by atoms with E-state index in [4.69, 9.17) is 9.47 Å². The van der Waals surface area contributed by atoms with Crippen LogP contribution in [0.5, 0.6) is 5.75 Å². The summed E-state index contributed by atoms with van der Waals surface area (Å²) in [4.78, 5) is 39.9. The van der Waals surface area contributed by atoms with Crippen molar-refractivity contribution in [2.24, 2.45) is 0 Å². The van der Waals surface area contributed by atoms with E-state index in [9.17, 15) is 14.4 Å². The molecule has 1 saturated heterocycles. The maximum Gasteiger partial charge on any atom is 0.409 e. The molecule has 1 N–H and O–H groups in total. The number of hydrogen-bond acceptors (Lipinski definition) is 5. The Kier molecular flexibility index (Phi) is 6.82. The predicted octanol–water partition coefficient (Wildman–Crippen LogP) is 1.11. The molecule has 0 aliphatic carbocycles. The Morgan fingerprint density at radius 2 is 1.73 bits per heavy atom. The standard InChI is InChI=1S/C18H25N3O5/c1-4-26-18(24)21-11-9-20(10-12-21)17(23)13(2)19-16(22)14-7-5-6-8-15(14)25-3/h5-8,13H,4,9-12H2,1-3H3,(H,19,22)/t13-/m0/s1. The van der Waals surface area contributed by atoms with E-state index in [1.807, 2.05) is 0 Å². The number of para-hydroxylation sites is 1. The molecule has 1 aromatic carbocycles. The molecule has 1 aliphatic heterocycles. The van der Waals surface area contributed by atoms with Gasteiger partial charge in [-0.2, -0.15) is 0 Å². The van der Waals surface area contributed by atoms with Gasteiger partial charge in [0.2, 0.25) is 5.91 Å². The van der Waals surface area contributed by atoms with Crippen LogP contribution < -0.4 is 10.1 Å². The average Bonchev–Trinajstić information content (AvgIpc) is 2.67. The maximum atomic E-state index is 12.6. The molecule has 8 heteroatoms. The van der Waals surface area contributed by atoms with Gasteiger partial charge in [0.1, 0.15) is 11.8 Å². The van der Waals surface area contributed by atoms with Crippen LogP contribution in [0.25, 0.3) is 0 Å². The van der Waals surface area contributed by atoms with Crippen LogP contribution in [-0.4, -0.2) is 73.6 Å². The van der Waals surface area contributed by atoms with Gasteiger partial charge >= 0.3 is 6.09 Å². The monoisotopic (exact) mass is 363 g/mol. The summed E-state index contributed by atoms with van der Waals surface area (Å²) in [6.07, 6.45) is -0.364. The van der Waals surface area contributed by atoms with Crippen molar-refractivity contribution in [2.75, 3.05) is 39.9 Å². The SMILES string of the molecule is CCOC(=O)N1CCN(C(=O)[C@H](C)NC(=O)c2ccccc2OC)CC1. The predicted molar refractivity (Wildman–Crippen MR) is 95.1 cm³/mol. The molecule has 1 aliphatic rings. The normalized spacial score (nSPS) is 15.2. The summed E-state index contributed by atoms with van der Waals surface area (Å²) in [5.41, 5.74) is 0.377. The first-order chi connectivity index (χ1) is 12.5. The number of benzene rings is 1. The molecule has 26 heavy (non-hydrogen) atoms. The average molecular weight is 363 g/mol. The van der Waals surface area contributed by atoms with Gasteiger partial charge in [-0.1, -0.05) is 12.1 Å². The van der Waals surface area contributed by atoms with Gasteiger partial charge in [-0.05, 0) is 26.0 Å². The van der Waals surface area contributed by atoms with Crippen molar-refractivity contribution in [3.8, 4) is 5.75 Å². The largest absolute Gasteiger partial charge is 0.496 e. The second kappa shape index (κ2) is 9.07. The molecule has 0 aromatic heterocycles. The quantitative estimate of drug-likeness (QED) is 0.847. The molecule has 0 spiro atoms. The van der Waals surface area contributed by atoms with Crippen molar-refractivity contribution in [1.29, 1.82) is 0 Å². The Labute approximate surface area is 153 Å². The molecule has 1 atom stereocenters. The number of carbonyl (C=O) groups is 3. The fourth-order valence-electron chi connectivity index (χ4n) is 2.77. The Morgan fingerprint density at radius 3 is 2.35 bits per heavy atom. The van der Waals surface area contributed by atoms with Crippen LogP contribution in [0.15, 0.2) is 24.3 Å². The van der Waals surface area contributed by atoms with E-state index in [-0.39, 0.29) is 17.9 Å². The molecule has 142 valence electrons. The number of hydrogen-bond donors (Lipinski definition) is 1. The number of ether oxygens (including phenoxy) is 2. The molecule has 1 aromatic rings. The number of amides is 3. The second-order valence-electron chi connectivity index (χ2n) is 5.91. The zero-order chi connectivity index (χ0) is 19.1. The van der Waals surface area contributed by atoms with E-state index >= 15 is 0 Å². The van der Waals surface area contributed by atoms with Gasteiger partial charge in [-0.3, -0.25) is 9.59 Å². The number of nitrogens with one attached hydrogen (secondary N) is 1. The van der Waals surface area contributed by atoms with Crippen molar-refractivity contribution in [1.82, 2.24) is 15.1 Å². The van der Waals surface area contributed by atoms with Crippen LogP contribution in [0.3, 0.4) is 0 Å². The van der Waals surface area contributed by atoms with E-state index in [1.54, 1.807) is 47.9 Å². The van der Waals surface area contributed by atoms with Crippen molar-refractivity contribution in [3.63, 3.8) is 0 Å². The summed E-state index contributed by atoms with van der Waals surface area (Å²) in [7, 11) is 1.49. The lowest BCUT2D eigenvalue weighted by Crippen LogP contribution is -2.55. The Hall–Kier alpha value is -2.77. The number of carbonyl (C=O) groups excluding carboxylic acids is 3. The molecular weight excluding hydrogens is 338 g/mol. The van der Waals surface area contributed by atoms with Gasteiger partial charge < -0.3 is 24.6 Å². The zero-order valence-electron chi connectivity index (χ0n) is 15.4. The van der Waals surface area contributed by atoms with Gasteiger partial charge in [-0.25, -0.2) is 4.79 Å². The van der Waals surface area contributed by atoms with Gasteiger partial charge in [0.05, 0.1) is 19.3 Å². The number of rotatable bonds is 5. The molecule has 8 nitrogen and oxygen atoms in total. The summed E-state index contributed by atoms with van der Waals surface area (Å²) in [6.45, 7) is 5.37. The summed E-state index contributed by atoms with van der Waals surface area (Å²) in [5.74, 6) is -0.0992. The minimum absolute atomic E-state index is 0.184. The molecule has 0 saturated carbocycles. The van der Waals surface area contributed by atoms with Gasteiger partial charge in [0, 0.05) is 26.2 Å². The highest BCUT2D eigenvalue weighted by Gasteiger charge is 2.28. The fourth-order valence-corrected chi connectivity index (χ4v) is 2.77. The second-order valence-corrected chi connectivity index (χ2v) is 5.91. The first-order valence-corrected chi connectivity index (χ1v) is 8.62. The summed E-state index contributed by atoms with van der Waals surface area (Å²) in [6, 6.07) is 6.16. The van der Waals surface area contributed by atoms with Crippen LogP contribution in [0.4, 0.5) is 4.79 Å². The van der Waals surface area contributed by atoms with Crippen LogP contribution in [0.1, 0.15) is 24.2 Å². The van der Waals surface area contributed by atoms with E-state index in [2.05, 4.69) is 5.32 Å². The molecule has 0 radical (unpaired) electrons. The lowest BCUT2D eigenvalue weighted by atomic mass is 10.1. The third kappa shape index (κ3) is 4.65. The first-order valence-electron chi connectivity index (χ1n) is 8.62. The third-order valence-corrected chi connectivity index (χ3v) is 4.19. The van der Waals surface area contributed by atoms with Gasteiger partial charge in [0.15, 0.2) is 0 Å². The number of piperazine rings is 1. The first kappa shape index (κ1) is 19.6. The summed E-state index contributed by atoms with van der Waals surface area (Å²) in [5, 5.41) is 2.71. The molecular formula is C18H25N3O5. The van der Waals surface area contributed by atoms with Crippen LogP contribution in [-0.2, 0) is 9.53 Å². The number of nitrogens with zero attached hydrogens (tertiary/aromatic N) is 2. The molecule has 0 unspecified atom stereocenters. The van der Waals surface area contributed by atoms with Crippen molar-refractivity contribution in [3.05, 3.63) is 29.8 Å².